The van der Waals surface area contributed by atoms with Crippen LogP contribution in [0.2, 0.25) is 0 Å². The summed E-state index contributed by atoms with van der Waals surface area (Å²) in [5, 5.41) is 25.2. The van der Waals surface area contributed by atoms with Crippen LogP contribution in [-0.2, 0) is 0 Å². The Kier molecular flexibility index (Phi) is 6.22. The molecule has 0 saturated carbocycles. The van der Waals surface area contributed by atoms with Crippen LogP contribution >= 0.6 is 0 Å². The first-order valence-corrected chi connectivity index (χ1v) is 15.9. The van der Waals surface area contributed by atoms with Crippen LogP contribution in [0.1, 0.15) is 11.1 Å². The number of hydrogen-bond donors (Lipinski definition) is 0. The summed E-state index contributed by atoms with van der Waals surface area (Å²) in [6, 6.07) is 58.8. The van der Waals surface area contributed by atoms with E-state index in [0.717, 1.165) is 66.5 Å². The molecule has 2 heterocycles. The molecule has 0 unspecified atom stereocenters. The van der Waals surface area contributed by atoms with E-state index >= 15 is 0 Å². The van der Waals surface area contributed by atoms with E-state index < -0.39 is 0 Å². The summed E-state index contributed by atoms with van der Waals surface area (Å²) in [6.07, 6.45) is 0. The average molecular weight is 611 g/mol. The predicted octanol–water partition coefficient (Wildman–Crippen LogP) is 11.0. The normalized spacial score (nSPS) is 11.3. The van der Waals surface area contributed by atoms with E-state index in [4.69, 9.17) is 0 Å². The molecule has 9 rings (SSSR count). The van der Waals surface area contributed by atoms with Gasteiger partial charge in [0, 0.05) is 27.1 Å². The van der Waals surface area contributed by atoms with Gasteiger partial charge in [0.15, 0.2) is 0 Å². The largest absolute Gasteiger partial charge is 0.309 e. The van der Waals surface area contributed by atoms with Gasteiger partial charge in [0.05, 0.1) is 50.6 Å². The number of para-hydroxylation sites is 4. The molecule has 0 amide bonds. The van der Waals surface area contributed by atoms with Gasteiger partial charge in [-0.05, 0) is 71.3 Å². The van der Waals surface area contributed by atoms with Crippen LogP contribution in [0.3, 0.4) is 0 Å². The molecule has 0 fully saturated rings. The zero-order valence-corrected chi connectivity index (χ0v) is 25.8. The molecular formula is C44H26N4. The van der Waals surface area contributed by atoms with Gasteiger partial charge in [0.25, 0.3) is 0 Å². The van der Waals surface area contributed by atoms with Crippen molar-refractivity contribution in [2.24, 2.45) is 0 Å². The average Bonchev–Trinajstić information content (AvgIpc) is 3.67. The van der Waals surface area contributed by atoms with E-state index in [-0.39, 0.29) is 0 Å². The molecule has 0 aliphatic rings. The second-order valence-corrected chi connectivity index (χ2v) is 12.0. The van der Waals surface area contributed by atoms with Crippen molar-refractivity contribution >= 4 is 43.6 Å². The highest BCUT2D eigenvalue weighted by Crippen LogP contribution is 2.41. The zero-order valence-electron chi connectivity index (χ0n) is 25.8. The maximum absolute atomic E-state index is 10.6. The van der Waals surface area contributed by atoms with Gasteiger partial charge in [-0.3, -0.25) is 0 Å². The highest BCUT2D eigenvalue weighted by molar-refractivity contribution is 6.11. The molecule has 0 radical (unpaired) electrons. The summed E-state index contributed by atoms with van der Waals surface area (Å²) in [5.74, 6) is 0. The van der Waals surface area contributed by atoms with Crippen molar-refractivity contribution in [3.05, 3.63) is 169 Å². The Morgan fingerprint density at radius 2 is 0.833 bits per heavy atom. The lowest BCUT2D eigenvalue weighted by Crippen LogP contribution is -2.00. The SMILES string of the molecule is N#Cc1ccc(-n2c3ccccc3c3ccccc32)c(-c2ccccc2-c2ccc(-n3c4ccccc4c4ccccc43)c(C#N)c2)c1. The van der Waals surface area contributed by atoms with Crippen LogP contribution < -0.4 is 0 Å². The second-order valence-electron chi connectivity index (χ2n) is 12.0. The molecular weight excluding hydrogens is 585 g/mol. The first-order chi connectivity index (χ1) is 23.7. The molecule has 4 heteroatoms. The van der Waals surface area contributed by atoms with E-state index in [1.165, 1.54) is 10.8 Å². The Labute approximate surface area is 277 Å². The van der Waals surface area contributed by atoms with Crippen molar-refractivity contribution < 1.29 is 0 Å². The van der Waals surface area contributed by atoms with Crippen molar-refractivity contribution in [1.29, 1.82) is 10.5 Å². The Morgan fingerprint density at radius 1 is 0.375 bits per heavy atom. The lowest BCUT2D eigenvalue weighted by Gasteiger charge is -2.18. The third-order valence-electron chi connectivity index (χ3n) is 9.41. The lowest BCUT2D eigenvalue weighted by atomic mass is 9.91. The Hall–Kier alpha value is -6.88. The van der Waals surface area contributed by atoms with Gasteiger partial charge < -0.3 is 9.13 Å². The number of nitrogens with zero attached hydrogens (tertiary/aromatic N) is 4. The topological polar surface area (TPSA) is 57.4 Å². The fraction of sp³-hybridized carbons (Fsp3) is 0. The number of nitriles is 2. The number of fused-ring (bicyclic) bond motifs is 6. The van der Waals surface area contributed by atoms with Crippen LogP contribution in [-0.4, -0.2) is 9.13 Å². The highest BCUT2D eigenvalue weighted by Gasteiger charge is 2.20. The minimum Gasteiger partial charge on any atom is -0.309 e. The van der Waals surface area contributed by atoms with Gasteiger partial charge in [-0.15, -0.1) is 0 Å². The van der Waals surface area contributed by atoms with Crippen LogP contribution in [0.25, 0.3) is 77.2 Å². The second kappa shape index (κ2) is 10.9. The maximum atomic E-state index is 10.6. The van der Waals surface area contributed by atoms with Crippen LogP contribution in [0.15, 0.2) is 158 Å². The van der Waals surface area contributed by atoms with Gasteiger partial charge >= 0.3 is 0 Å². The first kappa shape index (κ1) is 27.4. The maximum Gasteiger partial charge on any atom is 0.101 e. The summed E-state index contributed by atoms with van der Waals surface area (Å²) >= 11 is 0. The van der Waals surface area contributed by atoms with Crippen LogP contribution in [0.4, 0.5) is 0 Å². The predicted molar refractivity (Wildman–Crippen MR) is 195 cm³/mol. The molecule has 2 aromatic heterocycles. The molecule has 4 nitrogen and oxygen atoms in total. The first-order valence-electron chi connectivity index (χ1n) is 15.9. The molecule has 0 saturated heterocycles. The molecule has 9 aromatic rings. The minimum atomic E-state index is 0.585. The Balaban J connectivity index is 1.27. The van der Waals surface area contributed by atoms with Crippen LogP contribution in [0, 0.1) is 22.7 Å². The summed E-state index contributed by atoms with van der Waals surface area (Å²) in [4.78, 5) is 0. The van der Waals surface area contributed by atoms with Gasteiger partial charge in [-0.1, -0.05) is 103 Å². The number of hydrogen-bond acceptors (Lipinski definition) is 2. The molecule has 0 aliphatic heterocycles. The number of rotatable bonds is 4. The molecule has 7 aromatic carbocycles. The summed E-state index contributed by atoms with van der Waals surface area (Å²) in [6.45, 7) is 0. The summed E-state index contributed by atoms with van der Waals surface area (Å²) in [5.41, 5.74) is 11.2. The van der Waals surface area contributed by atoms with E-state index in [0.29, 0.717) is 11.1 Å². The van der Waals surface area contributed by atoms with E-state index in [9.17, 15) is 10.5 Å². The smallest absolute Gasteiger partial charge is 0.101 e. The molecule has 48 heavy (non-hydrogen) atoms. The number of aromatic nitrogens is 2. The fourth-order valence-electron chi connectivity index (χ4n) is 7.34. The molecule has 222 valence electrons. The molecule has 0 spiro atoms. The summed E-state index contributed by atoms with van der Waals surface area (Å²) < 4.78 is 4.49. The Bertz CT molecular complexity index is 2710. The number of benzene rings is 7. The Morgan fingerprint density at radius 3 is 1.35 bits per heavy atom. The van der Waals surface area contributed by atoms with Crippen molar-refractivity contribution in [3.63, 3.8) is 0 Å². The fourth-order valence-corrected chi connectivity index (χ4v) is 7.34. The quantitative estimate of drug-likeness (QED) is 0.199. The highest BCUT2D eigenvalue weighted by atomic mass is 15.0. The standard InChI is InChI=1S/C44H26N4/c45-27-29-21-23-44(48-42-19-9-5-15-36(42)37-16-6-10-20-43(37)48)38(25-29)33-12-2-1-11-32(33)30-22-24-39(31(26-30)28-46)47-40-17-7-3-13-34(40)35-14-4-8-18-41(35)47/h1-26H. The lowest BCUT2D eigenvalue weighted by molar-refractivity contribution is 1.17. The molecule has 0 bridgehead atoms. The molecule has 0 aliphatic carbocycles. The van der Waals surface area contributed by atoms with Crippen molar-refractivity contribution in [2.45, 2.75) is 0 Å². The minimum absolute atomic E-state index is 0.585. The van der Waals surface area contributed by atoms with E-state index in [1.807, 2.05) is 42.5 Å². The van der Waals surface area contributed by atoms with E-state index in [2.05, 4.69) is 137 Å². The third kappa shape index (κ3) is 4.07. The summed E-state index contributed by atoms with van der Waals surface area (Å²) in [7, 11) is 0. The van der Waals surface area contributed by atoms with Gasteiger partial charge in [-0.2, -0.15) is 10.5 Å². The molecule has 0 N–H and O–H groups in total. The van der Waals surface area contributed by atoms with Gasteiger partial charge in [-0.25, -0.2) is 0 Å². The van der Waals surface area contributed by atoms with Crippen LogP contribution in [0.5, 0.6) is 0 Å². The van der Waals surface area contributed by atoms with Gasteiger partial charge in [0.1, 0.15) is 6.07 Å². The van der Waals surface area contributed by atoms with Gasteiger partial charge in [0.2, 0.25) is 0 Å². The van der Waals surface area contributed by atoms with Crippen molar-refractivity contribution in [1.82, 2.24) is 9.13 Å². The van der Waals surface area contributed by atoms with Crippen molar-refractivity contribution in [3.8, 4) is 45.8 Å². The molecule has 0 atom stereocenters. The zero-order chi connectivity index (χ0) is 32.2. The third-order valence-corrected chi connectivity index (χ3v) is 9.41. The van der Waals surface area contributed by atoms with E-state index in [1.54, 1.807) is 0 Å². The van der Waals surface area contributed by atoms with Crippen molar-refractivity contribution in [2.75, 3.05) is 0 Å². The monoisotopic (exact) mass is 610 g/mol.